The van der Waals surface area contributed by atoms with Crippen LogP contribution < -0.4 is 11.1 Å². The molecular formula is C14H28N4O14S. The SMILES string of the molecule is NCCNCC(=O)O.O=C(O)CN(CCN(CC(=O)O)CC(=O)O)CC(=O)O.O=S(=O)(O)O. The lowest BCUT2D eigenvalue weighted by Gasteiger charge is -2.23. The first kappa shape index (κ1) is 34.7. The summed E-state index contributed by atoms with van der Waals surface area (Å²) in [4.78, 5) is 54.1. The molecule has 0 heterocycles. The molecule has 0 aliphatic carbocycles. The number of hydrogen-bond donors (Lipinski definition) is 9. The molecule has 194 valence electrons. The zero-order valence-electron chi connectivity index (χ0n) is 17.2. The Balaban J connectivity index is -0.000000565. The predicted molar refractivity (Wildman–Crippen MR) is 107 cm³/mol. The molecule has 0 spiro atoms. The zero-order chi connectivity index (χ0) is 26.6. The first-order valence-corrected chi connectivity index (χ1v) is 10.0. The predicted octanol–water partition coefficient (Wildman–Crippen LogP) is -4.10. The molecule has 0 aromatic carbocycles. The topological polar surface area (TPSA) is 306 Å². The van der Waals surface area contributed by atoms with Crippen molar-refractivity contribution >= 4 is 40.2 Å². The summed E-state index contributed by atoms with van der Waals surface area (Å²) in [6, 6.07) is 0. The fourth-order valence-corrected chi connectivity index (χ4v) is 1.77. The van der Waals surface area contributed by atoms with Crippen LogP contribution in [0.1, 0.15) is 0 Å². The Morgan fingerprint density at radius 3 is 1.12 bits per heavy atom. The maximum atomic E-state index is 10.6. The largest absolute Gasteiger partial charge is 0.480 e. The minimum absolute atomic E-state index is 0.00278. The third-order valence-corrected chi connectivity index (χ3v) is 2.77. The Morgan fingerprint density at radius 2 is 0.939 bits per heavy atom. The third kappa shape index (κ3) is 40.0. The van der Waals surface area contributed by atoms with Crippen LogP contribution in [0.4, 0.5) is 0 Å². The average Bonchev–Trinajstić information content (AvgIpc) is 2.56. The molecule has 0 saturated heterocycles. The summed E-state index contributed by atoms with van der Waals surface area (Å²) < 4.78 is 31.6. The van der Waals surface area contributed by atoms with Gasteiger partial charge in [-0.1, -0.05) is 0 Å². The quantitative estimate of drug-likeness (QED) is 0.0749. The van der Waals surface area contributed by atoms with E-state index in [0.717, 1.165) is 9.80 Å². The van der Waals surface area contributed by atoms with Gasteiger partial charge in [0.25, 0.3) is 0 Å². The second-order valence-electron chi connectivity index (χ2n) is 5.80. The number of hydrogen-bond acceptors (Lipinski definition) is 11. The Labute approximate surface area is 187 Å². The molecule has 0 aromatic heterocycles. The molecule has 0 saturated carbocycles. The molecule has 0 aromatic rings. The van der Waals surface area contributed by atoms with Gasteiger partial charge in [-0.2, -0.15) is 8.42 Å². The van der Waals surface area contributed by atoms with Gasteiger partial charge in [0, 0.05) is 26.2 Å². The van der Waals surface area contributed by atoms with E-state index in [1.807, 2.05) is 0 Å². The van der Waals surface area contributed by atoms with Gasteiger partial charge in [0.15, 0.2) is 0 Å². The molecule has 0 aliphatic rings. The summed E-state index contributed by atoms with van der Waals surface area (Å²) in [5, 5.41) is 45.1. The fourth-order valence-electron chi connectivity index (χ4n) is 1.77. The molecule has 0 radical (unpaired) electrons. The van der Waals surface area contributed by atoms with E-state index in [-0.39, 0.29) is 19.6 Å². The van der Waals surface area contributed by atoms with Crippen LogP contribution >= 0.6 is 0 Å². The smallest absolute Gasteiger partial charge is 0.394 e. The molecule has 33 heavy (non-hydrogen) atoms. The maximum absolute atomic E-state index is 10.6. The van der Waals surface area contributed by atoms with Gasteiger partial charge in [0.1, 0.15) is 0 Å². The molecule has 19 heteroatoms. The summed E-state index contributed by atoms with van der Waals surface area (Å²) in [6.07, 6.45) is 0. The van der Waals surface area contributed by atoms with Crippen molar-refractivity contribution in [3.63, 3.8) is 0 Å². The van der Waals surface area contributed by atoms with Gasteiger partial charge in [-0.3, -0.25) is 42.9 Å². The second kappa shape index (κ2) is 19.7. The van der Waals surface area contributed by atoms with E-state index in [2.05, 4.69) is 5.32 Å². The maximum Gasteiger partial charge on any atom is 0.394 e. The lowest BCUT2D eigenvalue weighted by Crippen LogP contribution is -2.43. The number of carboxylic acids is 5. The summed E-state index contributed by atoms with van der Waals surface area (Å²) in [6.45, 7) is -1.21. The van der Waals surface area contributed by atoms with E-state index in [9.17, 15) is 24.0 Å². The van der Waals surface area contributed by atoms with Gasteiger partial charge in [0.05, 0.1) is 32.7 Å². The van der Waals surface area contributed by atoms with E-state index in [0.29, 0.717) is 13.1 Å². The van der Waals surface area contributed by atoms with E-state index in [4.69, 9.17) is 48.8 Å². The first-order chi connectivity index (χ1) is 15.0. The highest BCUT2D eigenvalue weighted by atomic mass is 32.3. The Kier molecular flexibility index (Phi) is 20.7. The molecule has 0 unspecified atom stereocenters. The van der Waals surface area contributed by atoms with Crippen molar-refractivity contribution in [1.29, 1.82) is 0 Å². The Hall–Kier alpha value is -2.94. The van der Waals surface area contributed by atoms with Gasteiger partial charge in [-0.05, 0) is 0 Å². The monoisotopic (exact) mass is 508 g/mol. The lowest BCUT2D eigenvalue weighted by molar-refractivity contribution is -0.145. The molecule has 0 rings (SSSR count). The molecule has 18 nitrogen and oxygen atoms in total. The molecule has 0 amide bonds. The molecule has 0 atom stereocenters. The minimum atomic E-state index is -4.67. The van der Waals surface area contributed by atoms with Gasteiger partial charge in [-0.25, -0.2) is 0 Å². The van der Waals surface area contributed by atoms with Crippen molar-refractivity contribution < 1.29 is 67.0 Å². The summed E-state index contributed by atoms with van der Waals surface area (Å²) >= 11 is 0. The standard InChI is InChI=1S/C10H16N2O8.C4H10N2O2.H2O4S/c13-7(14)3-11(4-8(15)16)1-2-12(5-9(17)18)6-10(19)20;5-1-2-6-3-4(7)8;1-5(2,3)4/h1-6H2,(H,13,14)(H,15,16)(H,17,18)(H,19,20);6H,1-3,5H2,(H,7,8);(H2,1,2,3,4). The van der Waals surface area contributed by atoms with Crippen molar-refractivity contribution in [1.82, 2.24) is 15.1 Å². The van der Waals surface area contributed by atoms with Crippen LogP contribution in [0.15, 0.2) is 0 Å². The molecule has 10 N–H and O–H groups in total. The van der Waals surface area contributed by atoms with Crippen molar-refractivity contribution in [3.05, 3.63) is 0 Å². The van der Waals surface area contributed by atoms with Gasteiger partial charge < -0.3 is 36.6 Å². The molecule has 0 aliphatic heterocycles. The number of nitrogens with two attached hydrogens (primary N) is 1. The van der Waals surface area contributed by atoms with Gasteiger partial charge >= 0.3 is 40.2 Å². The molecule has 0 fully saturated rings. The number of aliphatic carboxylic acids is 5. The van der Waals surface area contributed by atoms with Crippen LogP contribution in [0.3, 0.4) is 0 Å². The van der Waals surface area contributed by atoms with Crippen LogP contribution in [0, 0.1) is 0 Å². The van der Waals surface area contributed by atoms with Gasteiger partial charge in [0.2, 0.25) is 0 Å². The van der Waals surface area contributed by atoms with Crippen molar-refractivity contribution in [2.24, 2.45) is 5.73 Å². The number of nitrogens with one attached hydrogen (secondary N) is 1. The minimum Gasteiger partial charge on any atom is -0.480 e. The normalized spacial score (nSPS) is 10.5. The highest BCUT2D eigenvalue weighted by Crippen LogP contribution is 1.94. The first-order valence-electron chi connectivity index (χ1n) is 8.62. The van der Waals surface area contributed by atoms with Crippen molar-refractivity contribution in [2.75, 3.05) is 58.9 Å². The van der Waals surface area contributed by atoms with E-state index in [1.165, 1.54) is 0 Å². The zero-order valence-corrected chi connectivity index (χ0v) is 18.0. The number of nitrogens with zero attached hydrogens (tertiary/aromatic N) is 2. The fraction of sp³-hybridized carbons (Fsp3) is 0.643. The third-order valence-electron chi connectivity index (χ3n) is 2.77. The molecule has 0 bridgehead atoms. The van der Waals surface area contributed by atoms with Crippen molar-refractivity contribution in [3.8, 4) is 0 Å². The van der Waals surface area contributed by atoms with E-state index >= 15 is 0 Å². The number of carboxylic acid groups (broad SMARTS) is 5. The average molecular weight is 508 g/mol. The highest BCUT2D eigenvalue weighted by Gasteiger charge is 2.18. The van der Waals surface area contributed by atoms with Crippen LogP contribution in [0.25, 0.3) is 0 Å². The van der Waals surface area contributed by atoms with Crippen LogP contribution in [0.5, 0.6) is 0 Å². The number of rotatable bonds is 15. The van der Waals surface area contributed by atoms with Gasteiger partial charge in [-0.15, -0.1) is 0 Å². The van der Waals surface area contributed by atoms with Crippen LogP contribution in [-0.4, -0.2) is 142 Å². The summed E-state index contributed by atoms with van der Waals surface area (Å²) in [5.41, 5.74) is 5.06. The lowest BCUT2D eigenvalue weighted by atomic mass is 10.4. The van der Waals surface area contributed by atoms with E-state index < -0.39 is 66.4 Å². The second-order valence-corrected chi connectivity index (χ2v) is 6.70. The highest BCUT2D eigenvalue weighted by molar-refractivity contribution is 7.79. The molecular weight excluding hydrogens is 480 g/mol. The Morgan fingerprint density at radius 1 is 0.667 bits per heavy atom. The Bertz CT molecular complexity index is 653. The summed E-state index contributed by atoms with van der Waals surface area (Å²) in [7, 11) is -4.67. The van der Waals surface area contributed by atoms with Crippen molar-refractivity contribution in [2.45, 2.75) is 0 Å². The van der Waals surface area contributed by atoms with E-state index in [1.54, 1.807) is 0 Å². The number of carbonyl (C=O) groups is 5. The van der Waals surface area contributed by atoms with Crippen LogP contribution in [-0.2, 0) is 34.4 Å². The summed E-state index contributed by atoms with van der Waals surface area (Å²) in [5.74, 6) is -5.76. The van der Waals surface area contributed by atoms with Crippen LogP contribution in [0.2, 0.25) is 0 Å².